The van der Waals surface area contributed by atoms with Gasteiger partial charge in [0, 0.05) is 6.54 Å². The average molecular weight is 357 g/mol. The van der Waals surface area contributed by atoms with Crippen LogP contribution in [0, 0.1) is 5.82 Å². The van der Waals surface area contributed by atoms with Gasteiger partial charge in [0.05, 0.1) is 15.5 Å². The molecule has 0 fully saturated rings. The highest BCUT2D eigenvalue weighted by Crippen LogP contribution is 2.19. The van der Waals surface area contributed by atoms with Crippen molar-refractivity contribution in [1.82, 2.24) is 5.32 Å². The molecule has 0 heterocycles. The quantitative estimate of drug-likeness (QED) is 0.859. The molecule has 122 valence electrons. The van der Waals surface area contributed by atoms with Crippen LogP contribution in [-0.4, -0.2) is 20.9 Å². The predicted octanol–water partition coefficient (Wildman–Crippen LogP) is 2.10. The number of nitrogens with two attached hydrogens (primary N) is 1. The molecular weight excluding hydrogens is 343 g/mol. The highest BCUT2D eigenvalue weighted by molar-refractivity contribution is 7.89. The van der Waals surface area contributed by atoms with Gasteiger partial charge in [-0.25, -0.2) is 17.9 Å². The van der Waals surface area contributed by atoms with Gasteiger partial charge in [-0.1, -0.05) is 29.8 Å². The van der Waals surface area contributed by atoms with Crippen molar-refractivity contribution in [1.29, 1.82) is 0 Å². The summed E-state index contributed by atoms with van der Waals surface area (Å²) < 4.78 is 36.1. The number of carbonyl (C=O) groups is 1. The van der Waals surface area contributed by atoms with Crippen molar-refractivity contribution in [2.75, 3.05) is 6.54 Å². The second-order valence-corrected chi connectivity index (χ2v) is 6.75. The molecule has 3 N–H and O–H groups in total. The Labute approximate surface area is 138 Å². The fourth-order valence-corrected chi connectivity index (χ4v) is 2.71. The Hall–Kier alpha value is -1.96. The standard InChI is InChI=1S/C15H14ClFN2O3S/c16-13-6-5-11(23(18,21)22)9-12(13)15(20)19-8-7-10-3-1-2-4-14(10)17/h1-6,9H,7-8H2,(H,19,20)(H2,18,21,22). The first-order chi connectivity index (χ1) is 10.8. The van der Waals surface area contributed by atoms with Crippen LogP contribution in [0.3, 0.4) is 0 Å². The largest absolute Gasteiger partial charge is 0.352 e. The smallest absolute Gasteiger partial charge is 0.252 e. The fourth-order valence-electron chi connectivity index (χ4n) is 1.96. The summed E-state index contributed by atoms with van der Waals surface area (Å²) in [6.07, 6.45) is 0.297. The molecule has 23 heavy (non-hydrogen) atoms. The summed E-state index contributed by atoms with van der Waals surface area (Å²) in [7, 11) is -3.93. The molecule has 0 aliphatic rings. The van der Waals surface area contributed by atoms with E-state index in [0.717, 1.165) is 6.07 Å². The third-order valence-corrected chi connectivity index (χ3v) is 4.39. The lowest BCUT2D eigenvalue weighted by Crippen LogP contribution is -2.26. The molecule has 0 atom stereocenters. The Kier molecular flexibility index (Phi) is 5.35. The van der Waals surface area contributed by atoms with E-state index in [-0.39, 0.29) is 27.8 Å². The number of benzene rings is 2. The minimum Gasteiger partial charge on any atom is -0.352 e. The summed E-state index contributed by atoms with van der Waals surface area (Å²) >= 11 is 5.91. The molecule has 2 rings (SSSR count). The van der Waals surface area contributed by atoms with Gasteiger partial charge in [-0.3, -0.25) is 4.79 Å². The first kappa shape index (κ1) is 17.4. The average Bonchev–Trinajstić information content (AvgIpc) is 2.48. The van der Waals surface area contributed by atoms with Gasteiger partial charge in [0.15, 0.2) is 0 Å². The third kappa shape index (κ3) is 4.51. The molecule has 0 saturated carbocycles. The van der Waals surface area contributed by atoms with Gasteiger partial charge in [-0.05, 0) is 36.2 Å². The highest BCUT2D eigenvalue weighted by Gasteiger charge is 2.15. The summed E-state index contributed by atoms with van der Waals surface area (Å²) in [5.74, 6) is -0.909. The first-order valence-electron chi connectivity index (χ1n) is 6.63. The molecule has 0 bridgehead atoms. The zero-order chi connectivity index (χ0) is 17.0. The van der Waals surface area contributed by atoms with Crippen molar-refractivity contribution in [3.8, 4) is 0 Å². The Bertz CT molecular complexity index is 840. The Morgan fingerprint density at radius 3 is 2.57 bits per heavy atom. The van der Waals surface area contributed by atoms with Crippen molar-refractivity contribution in [2.45, 2.75) is 11.3 Å². The molecule has 8 heteroatoms. The second kappa shape index (κ2) is 7.08. The number of carbonyl (C=O) groups excluding carboxylic acids is 1. The van der Waals surface area contributed by atoms with Gasteiger partial charge in [-0.15, -0.1) is 0 Å². The molecule has 1 amide bonds. The topological polar surface area (TPSA) is 89.3 Å². The number of hydrogen-bond acceptors (Lipinski definition) is 3. The van der Waals surface area contributed by atoms with Crippen LogP contribution in [0.15, 0.2) is 47.4 Å². The first-order valence-corrected chi connectivity index (χ1v) is 8.55. The number of sulfonamides is 1. The predicted molar refractivity (Wildman–Crippen MR) is 85.3 cm³/mol. The van der Waals surface area contributed by atoms with E-state index in [9.17, 15) is 17.6 Å². The van der Waals surface area contributed by atoms with E-state index in [1.807, 2.05) is 0 Å². The summed E-state index contributed by atoms with van der Waals surface area (Å²) in [4.78, 5) is 11.9. The second-order valence-electron chi connectivity index (χ2n) is 4.78. The number of halogens is 2. The van der Waals surface area contributed by atoms with Gasteiger partial charge in [0.1, 0.15) is 5.82 Å². The maximum Gasteiger partial charge on any atom is 0.252 e. The monoisotopic (exact) mass is 356 g/mol. The lowest BCUT2D eigenvalue weighted by molar-refractivity contribution is 0.0954. The Morgan fingerprint density at radius 2 is 1.91 bits per heavy atom. The minimum atomic E-state index is -3.93. The van der Waals surface area contributed by atoms with E-state index in [4.69, 9.17) is 16.7 Å². The molecule has 0 radical (unpaired) electrons. The molecule has 0 unspecified atom stereocenters. The molecule has 5 nitrogen and oxygen atoms in total. The van der Waals surface area contributed by atoms with Crippen molar-refractivity contribution < 1.29 is 17.6 Å². The van der Waals surface area contributed by atoms with Gasteiger partial charge < -0.3 is 5.32 Å². The number of primary sulfonamides is 1. The molecule has 0 saturated heterocycles. The van der Waals surface area contributed by atoms with Crippen molar-refractivity contribution in [3.05, 3.63) is 64.4 Å². The molecule has 0 spiro atoms. The summed E-state index contributed by atoms with van der Waals surface area (Å²) in [5.41, 5.74) is 0.462. The van der Waals surface area contributed by atoms with E-state index in [0.29, 0.717) is 12.0 Å². The van der Waals surface area contributed by atoms with Gasteiger partial charge in [0.2, 0.25) is 10.0 Å². The van der Waals surface area contributed by atoms with Gasteiger partial charge >= 0.3 is 0 Å². The Balaban J connectivity index is 2.08. The zero-order valence-corrected chi connectivity index (χ0v) is 13.5. The van der Waals surface area contributed by atoms with Crippen LogP contribution in [0.2, 0.25) is 5.02 Å². The van der Waals surface area contributed by atoms with Crippen LogP contribution in [0.25, 0.3) is 0 Å². The van der Waals surface area contributed by atoms with Crippen molar-refractivity contribution in [3.63, 3.8) is 0 Å². The minimum absolute atomic E-state index is 0.00766. The molecule has 2 aromatic rings. The van der Waals surface area contributed by atoms with E-state index >= 15 is 0 Å². The van der Waals surface area contributed by atoms with E-state index in [1.54, 1.807) is 18.2 Å². The summed E-state index contributed by atoms with van der Waals surface area (Å²) in [6, 6.07) is 9.85. The molecule has 2 aromatic carbocycles. The molecule has 0 aromatic heterocycles. The van der Waals surface area contributed by atoms with Crippen LogP contribution in [0.4, 0.5) is 4.39 Å². The van der Waals surface area contributed by atoms with Crippen LogP contribution in [0.5, 0.6) is 0 Å². The van der Waals surface area contributed by atoms with E-state index in [2.05, 4.69) is 5.32 Å². The van der Waals surface area contributed by atoms with Crippen LogP contribution >= 0.6 is 11.6 Å². The SMILES string of the molecule is NS(=O)(=O)c1ccc(Cl)c(C(=O)NCCc2ccccc2F)c1. The van der Waals surface area contributed by atoms with Crippen LogP contribution < -0.4 is 10.5 Å². The van der Waals surface area contributed by atoms with Gasteiger partial charge in [-0.2, -0.15) is 0 Å². The number of nitrogens with one attached hydrogen (secondary N) is 1. The maximum absolute atomic E-state index is 13.5. The fraction of sp³-hybridized carbons (Fsp3) is 0.133. The maximum atomic E-state index is 13.5. The summed E-state index contributed by atoms with van der Waals surface area (Å²) in [5, 5.41) is 7.69. The van der Waals surface area contributed by atoms with Crippen LogP contribution in [0.1, 0.15) is 15.9 Å². The zero-order valence-electron chi connectivity index (χ0n) is 11.9. The Morgan fingerprint density at radius 1 is 1.22 bits per heavy atom. The van der Waals surface area contributed by atoms with Crippen molar-refractivity contribution >= 4 is 27.5 Å². The lowest BCUT2D eigenvalue weighted by atomic mass is 10.1. The van der Waals surface area contributed by atoms with Crippen LogP contribution in [-0.2, 0) is 16.4 Å². The van der Waals surface area contributed by atoms with Crippen molar-refractivity contribution in [2.24, 2.45) is 5.14 Å². The molecular formula is C15H14ClFN2O3S. The highest BCUT2D eigenvalue weighted by atomic mass is 35.5. The van der Waals surface area contributed by atoms with Gasteiger partial charge in [0.25, 0.3) is 5.91 Å². The number of amides is 1. The number of rotatable bonds is 5. The lowest BCUT2D eigenvalue weighted by Gasteiger charge is -2.08. The van der Waals surface area contributed by atoms with E-state index in [1.165, 1.54) is 18.2 Å². The number of hydrogen-bond donors (Lipinski definition) is 2. The summed E-state index contributed by atoms with van der Waals surface area (Å²) in [6.45, 7) is 0.176. The normalized spacial score (nSPS) is 11.3. The molecule has 0 aliphatic carbocycles. The van der Waals surface area contributed by atoms with E-state index < -0.39 is 15.9 Å². The molecule has 0 aliphatic heterocycles. The third-order valence-electron chi connectivity index (χ3n) is 3.15.